The summed E-state index contributed by atoms with van der Waals surface area (Å²) >= 11 is 4.87. The van der Waals surface area contributed by atoms with Crippen LogP contribution < -0.4 is 11.0 Å². The highest BCUT2D eigenvalue weighted by atomic mass is 32.1. The largest absolute Gasteiger partial charge is 0.335 e. The standard InChI is InChI=1S/C15H20N4O2S/c1-9-4-11(8-15(2,3)7-9)18-19-13(21)6-10-5-12(20)17-14(22)16-10/h4-5H,6-8H2,1-3H3,(H,19,21)(H2,16,17,20,22)/b18-11-. The molecule has 1 aliphatic rings. The van der Waals surface area contributed by atoms with Crippen LogP contribution in [0.3, 0.4) is 0 Å². The molecule has 0 spiro atoms. The van der Waals surface area contributed by atoms with Crippen molar-refractivity contribution < 1.29 is 4.79 Å². The topological polar surface area (TPSA) is 90.1 Å². The summed E-state index contributed by atoms with van der Waals surface area (Å²) < 4.78 is 0.203. The van der Waals surface area contributed by atoms with Gasteiger partial charge >= 0.3 is 0 Å². The molecule has 7 heteroatoms. The molecule has 118 valence electrons. The Bertz CT molecular complexity index is 727. The fourth-order valence-corrected chi connectivity index (χ4v) is 2.96. The van der Waals surface area contributed by atoms with Crippen molar-refractivity contribution >= 4 is 23.8 Å². The molecule has 22 heavy (non-hydrogen) atoms. The highest BCUT2D eigenvalue weighted by Crippen LogP contribution is 2.33. The van der Waals surface area contributed by atoms with Crippen molar-refractivity contribution in [3.63, 3.8) is 0 Å². The van der Waals surface area contributed by atoms with Gasteiger partial charge in [-0.15, -0.1) is 0 Å². The summed E-state index contributed by atoms with van der Waals surface area (Å²) in [6.07, 6.45) is 3.88. The van der Waals surface area contributed by atoms with Gasteiger partial charge in [-0.3, -0.25) is 14.6 Å². The van der Waals surface area contributed by atoms with Gasteiger partial charge in [0.15, 0.2) is 4.77 Å². The average molecular weight is 320 g/mol. The number of carbonyl (C=O) groups is 1. The number of hydrogen-bond acceptors (Lipinski definition) is 4. The Kier molecular flexibility index (Phi) is 4.75. The van der Waals surface area contributed by atoms with Gasteiger partial charge in [0.2, 0.25) is 5.91 Å². The Morgan fingerprint density at radius 2 is 2.14 bits per heavy atom. The van der Waals surface area contributed by atoms with E-state index < -0.39 is 0 Å². The molecule has 0 saturated heterocycles. The summed E-state index contributed by atoms with van der Waals surface area (Å²) in [6, 6.07) is 1.32. The minimum absolute atomic E-state index is 0.0242. The zero-order valence-corrected chi connectivity index (χ0v) is 13.8. The number of aromatic amines is 2. The molecule has 3 N–H and O–H groups in total. The van der Waals surface area contributed by atoms with Crippen LogP contribution in [0.5, 0.6) is 0 Å². The van der Waals surface area contributed by atoms with Crippen LogP contribution in [0.4, 0.5) is 0 Å². The van der Waals surface area contributed by atoms with Gasteiger partial charge in [-0.05, 0) is 43.5 Å². The third-order valence-corrected chi connectivity index (χ3v) is 3.53. The van der Waals surface area contributed by atoms with E-state index in [1.807, 2.05) is 6.08 Å². The SMILES string of the molecule is CC1=C/C(=N/NC(=O)Cc2cc(=O)[nH]c(=S)[nH]2)CC(C)(C)C1. The molecule has 0 radical (unpaired) electrons. The molecule has 1 aromatic rings. The molecule has 1 aromatic heterocycles. The molecule has 1 aliphatic carbocycles. The van der Waals surface area contributed by atoms with Crippen molar-refractivity contribution in [3.8, 4) is 0 Å². The van der Waals surface area contributed by atoms with Crippen molar-refractivity contribution in [2.75, 3.05) is 0 Å². The number of hydrogen-bond donors (Lipinski definition) is 3. The first-order chi connectivity index (χ1) is 10.2. The lowest BCUT2D eigenvalue weighted by molar-refractivity contribution is -0.120. The number of allylic oxidation sites excluding steroid dienone is 2. The first kappa shape index (κ1) is 16.4. The van der Waals surface area contributed by atoms with Crippen LogP contribution >= 0.6 is 12.2 Å². The molecule has 2 rings (SSSR count). The monoisotopic (exact) mass is 320 g/mol. The van der Waals surface area contributed by atoms with Crippen LogP contribution in [-0.2, 0) is 11.2 Å². The van der Waals surface area contributed by atoms with E-state index in [0.29, 0.717) is 5.69 Å². The van der Waals surface area contributed by atoms with Crippen LogP contribution in [0.15, 0.2) is 27.6 Å². The maximum absolute atomic E-state index is 11.9. The van der Waals surface area contributed by atoms with Crippen molar-refractivity contribution in [3.05, 3.63) is 38.5 Å². The zero-order chi connectivity index (χ0) is 16.3. The second-order valence-corrected chi connectivity index (χ2v) is 6.84. The summed E-state index contributed by atoms with van der Waals surface area (Å²) in [6.45, 7) is 6.42. The molecule has 0 atom stereocenters. The normalized spacial score (nSPS) is 18.9. The van der Waals surface area contributed by atoms with Gasteiger partial charge in [0.05, 0.1) is 12.1 Å². The summed E-state index contributed by atoms with van der Waals surface area (Å²) in [5.74, 6) is -0.293. The summed E-state index contributed by atoms with van der Waals surface area (Å²) in [5.41, 5.74) is 4.94. The Balaban J connectivity index is 2.03. The number of hydrazone groups is 1. The summed E-state index contributed by atoms with van der Waals surface area (Å²) in [4.78, 5) is 28.4. The van der Waals surface area contributed by atoms with Crippen molar-refractivity contribution in [2.45, 2.75) is 40.0 Å². The predicted octanol–water partition coefficient (Wildman–Crippen LogP) is 2.21. The lowest BCUT2D eigenvalue weighted by Gasteiger charge is -2.29. The van der Waals surface area contributed by atoms with E-state index in [1.54, 1.807) is 0 Å². The third-order valence-electron chi connectivity index (χ3n) is 3.32. The van der Waals surface area contributed by atoms with E-state index in [1.165, 1.54) is 11.6 Å². The second kappa shape index (κ2) is 6.39. The van der Waals surface area contributed by atoms with Crippen molar-refractivity contribution in [1.82, 2.24) is 15.4 Å². The molecule has 0 aromatic carbocycles. The molecular weight excluding hydrogens is 300 g/mol. The van der Waals surface area contributed by atoms with Crippen LogP contribution in [-0.4, -0.2) is 21.6 Å². The smallest absolute Gasteiger partial charge is 0.251 e. The minimum Gasteiger partial charge on any atom is -0.335 e. The van der Waals surface area contributed by atoms with Gasteiger partial charge in [0.25, 0.3) is 5.56 Å². The summed E-state index contributed by atoms with van der Waals surface area (Å²) in [7, 11) is 0. The van der Waals surface area contributed by atoms with Gasteiger partial charge in [-0.2, -0.15) is 5.10 Å². The highest BCUT2D eigenvalue weighted by Gasteiger charge is 2.24. The number of amides is 1. The minimum atomic E-state index is -0.328. The lowest BCUT2D eigenvalue weighted by atomic mass is 9.77. The van der Waals surface area contributed by atoms with E-state index in [4.69, 9.17) is 12.2 Å². The molecule has 0 unspecified atom stereocenters. The number of rotatable bonds is 3. The third kappa shape index (κ3) is 4.77. The summed E-state index contributed by atoms with van der Waals surface area (Å²) in [5, 5.41) is 4.19. The van der Waals surface area contributed by atoms with E-state index in [-0.39, 0.29) is 28.1 Å². The van der Waals surface area contributed by atoms with Gasteiger partial charge in [0.1, 0.15) is 0 Å². The maximum atomic E-state index is 11.9. The fourth-order valence-electron chi connectivity index (χ4n) is 2.73. The Morgan fingerprint density at radius 3 is 2.77 bits per heavy atom. The number of aromatic nitrogens is 2. The number of nitrogens with zero attached hydrogens (tertiary/aromatic N) is 1. The first-order valence-electron chi connectivity index (χ1n) is 7.09. The van der Waals surface area contributed by atoms with Gasteiger partial charge in [-0.1, -0.05) is 19.4 Å². The average Bonchev–Trinajstić information content (AvgIpc) is 2.32. The van der Waals surface area contributed by atoms with Crippen LogP contribution in [0.2, 0.25) is 0 Å². The van der Waals surface area contributed by atoms with Crippen LogP contribution in [0, 0.1) is 10.2 Å². The van der Waals surface area contributed by atoms with Crippen LogP contribution in [0.1, 0.15) is 39.3 Å². The molecule has 1 heterocycles. The van der Waals surface area contributed by atoms with Gasteiger partial charge < -0.3 is 4.98 Å². The van der Waals surface area contributed by atoms with E-state index in [2.05, 4.69) is 41.3 Å². The quantitative estimate of drug-likeness (QED) is 0.589. The van der Waals surface area contributed by atoms with Crippen LogP contribution in [0.25, 0.3) is 0 Å². The Labute approximate surface area is 133 Å². The van der Waals surface area contributed by atoms with Crippen molar-refractivity contribution in [2.24, 2.45) is 10.5 Å². The fraction of sp³-hybridized carbons (Fsp3) is 0.467. The Hall–Kier alpha value is -2.02. The predicted molar refractivity (Wildman–Crippen MR) is 88.3 cm³/mol. The van der Waals surface area contributed by atoms with Gasteiger partial charge in [0, 0.05) is 11.8 Å². The molecular formula is C15H20N4O2S. The van der Waals surface area contributed by atoms with E-state index in [9.17, 15) is 9.59 Å². The second-order valence-electron chi connectivity index (χ2n) is 6.44. The molecule has 0 fully saturated rings. The highest BCUT2D eigenvalue weighted by molar-refractivity contribution is 7.71. The van der Waals surface area contributed by atoms with Gasteiger partial charge in [-0.25, -0.2) is 5.43 Å². The molecule has 0 saturated carbocycles. The zero-order valence-electron chi connectivity index (χ0n) is 12.9. The van der Waals surface area contributed by atoms with E-state index >= 15 is 0 Å². The maximum Gasteiger partial charge on any atom is 0.251 e. The number of carbonyl (C=O) groups excluding carboxylic acids is 1. The number of H-pyrrole nitrogens is 2. The van der Waals surface area contributed by atoms with Crippen molar-refractivity contribution in [1.29, 1.82) is 0 Å². The molecule has 0 bridgehead atoms. The lowest BCUT2D eigenvalue weighted by Crippen LogP contribution is -2.26. The van der Waals surface area contributed by atoms with E-state index in [0.717, 1.165) is 18.6 Å². The molecule has 1 amide bonds. The molecule has 6 nitrogen and oxygen atoms in total. The Morgan fingerprint density at radius 1 is 1.41 bits per heavy atom. The number of nitrogens with one attached hydrogen (secondary N) is 3. The molecule has 0 aliphatic heterocycles. The first-order valence-corrected chi connectivity index (χ1v) is 7.49.